The molecule has 0 bridgehead atoms. The summed E-state index contributed by atoms with van der Waals surface area (Å²) in [5.74, 6) is 0.970. The van der Waals surface area contributed by atoms with Crippen LogP contribution >= 0.6 is 0 Å². The fourth-order valence-electron chi connectivity index (χ4n) is 4.25. The van der Waals surface area contributed by atoms with Gasteiger partial charge in [-0.2, -0.15) is 0 Å². The fraction of sp³-hybridized carbons (Fsp3) is 0.667. The lowest BCUT2D eigenvalue weighted by atomic mass is 9.83. The molecule has 2 nitrogen and oxygen atoms in total. The average molecular weight is 272 g/mol. The highest BCUT2D eigenvalue weighted by atomic mass is 15.2. The first-order chi connectivity index (χ1) is 9.70. The van der Waals surface area contributed by atoms with Gasteiger partial charge in [-0.15, -0.1) is 0 Å². The summed E-state index contributed by atoms with van der Waals surface area (Å²) in [6, 6.07) is 10.3. The molecule has 1 saturated carbocycles. The van der Waals surface area contributed by atoms with E-state index in [-0.39, 0.29) is 6.04 Å². The molecule has 2 heteroatoms. The van der Waals surface area contributed by atoms with E-state index in [4.69, 9.17) is 5.73 Å². The van der Waals surface area contributed by atoms with E-state index in [9.17, 15) is 0 Å². The minimum atomic E-state index is 0.227. The summed E-state index contributed by atoms with van der Waals surface area (Å²) < 4.78 is 0. The summed E-state index contributed by atoms with van der Waals surface area (Å²) in [5, 5.41) is 0. The smallest absolute Gasteiger partial charge is 0.0369 e. The number of fused-ring (bicyclic) bond motifs is 1. The Balaban J connectivity index is 1.71. The number of hydrogen-bond acceptors (Lipinski definition) is 2. The zero-order chi connectivity index (χ0) is 14.1. The van der Waals surface area contributed by atoms with Gasteiger partial charge >= 0.3 is 0 Å². The molecule has 2 aliphatic carbocycles. The molecule has 0 amide bonds. The molecule has 0 spiro atoms. The minimum absolute atomic E-state index is 0.227. The lowest BCUT2D eigenvalue weighted by molar-refractivity contribution is 0.116. The number of rotatable bonds is 3. The van der Waals surface area contributed by atoms with Crippen LogP contribution in [0.25, 0.3) is 0 Å². The van der Waals surface area contributed by atoms with Crippen molar-refractivity contribution in [3.8, 4) is 0 Å². The molecule has 20 heavy (non-hydrogen) atoms. The van der Waals surface area contributed by atoms with Gasteiger partial charge in [0.2, 0.25) is 0 Å². The monoisotopic (exact) mass is 272 g/mol. The Morgan fingerprint density at radius 3 is 2.40 bits per heavy atom. The van der Waals surface area contributed by atoms with Gasteiger partial charge in [0, 0.05) is 18.1 Å². The number of hydrogen-bond donors (Lipinski definition) is 1. The molecule has 3 rings (SSSR count). The Labute approximate surface area is 123 Å². The molecule has 2 unspecified atom stereocenters. The lowest BCUT2D eigenvalue weighted by Crippen LogP contribution is -2.37. The van der Waals surface area contributed by atoms with E-state index in [0.717, 1.165) is 18.4 Å². The van der Waals surface area contributed by atoms with Crippen LogP contribution < -0.4 is 5.73 Å². The van der Waals surface area contributed by atoms with Gasteiger partial charge in [-0.3, -0.25) is 4.90 Å². The van der Waals surface area contributed by atoms with E-state index in [0.29, 0.717) is 6.04 Å². The van der Waals surface area contributed by atoms with E-state index < -0.39 is 0 Å². The second-order valence-electron chi connectivity index (χ2n) is 6.74. The maximum absolute atomic E-state index is 6.32. The summed E-state index contributed by atoms with van der Waals surface area (Å²) in [5.41, 5.74) is 9.16. The summed E-state index contributed by atoms with van der Waals surface area (Å²) in [4.78, 5) is 2.62. The standard InChI is InChI=1S/C18H28N2/c1-3-13-8-10-14(11-9-13)20(2)18-12-17(19)15-6-4-5-7-16(15)18/h4-7,13-14,17-18H,3,8-12,19H2,1-2H3. The molecule has 0 radical (unpaired) electrons. The highest BCUT2D eigenvalue weighted by molar-refractivity contribution is 5.37. The van der Waals surface area contributed by atoms with Crippen LogP contribution in [-0.4, -0.2) is 18.0 Å². The molecule has 0 aliphatic heterocycles. The Kier molecular flexibility index (Phi) is 4.13. The van der Waals surface area contributed by atoms with Crippen molar-refractivity contribution in [1.82, 2.24) is 4.90 Å². The highest BCUT2D eigenvalue weighted by Gasteiger charge is 2.34. The van der Waals surface area contributed by atoms with E-state index in [2.05, 4.69) is 43.1 Å². The third-order valence-corrected chi connectivity index (χ3v) is 5.69. The Bertz CT molecular complexity index is 448. The maximum atomic E-state index is 6.32. The van der Waals surface area contributed by atoms with Crippen molar-refractivity contribution in [1.29, 1.82) is 0 Å². The SMILES string of the molecule is CCC1CCC(N(C)C2CC(N)c3ccccc32)CC1. The van der Waals surface area contributed by atoms with Crippen molar-refractivity contribution < 1.29 is 0 Å². The van der Waals surface area contributed by atoms with Gasteiger partial charge in [-0.25, -0.2) is 0 Å². The van der Waals surface area contributed by atoms with E-state index >= 15 is 0 Å². The predicted octanol–water partition coefficient (Wildman–Crippen LogP) is 4.03. The van der Waals surface area contributed by atoms with Crippen LogP contribution in [0.4, 0.5) is 0 Å². The van der Waals surface area contributed by atoms with E-state index in [1.165, 1.54) is 43.2 Å². The van der Waals surface area contributed by atoms with Crippen molar-refractivity contribution in [2.75, 3.05) is 7.05 Å². The van der Waals surface area contributed by atoms with Gasteiger partial charge in [-0.1, -0.05) is 37.6 Å². The molecule has 1 aromatic carbocycles. The average Bonchev–Trinajstić information content (AvgIpc) is 2.84. The van der Waals surface area contributed by atoms with Crippen molar-refractivity contribution >= 4 is 0 Å². The zero-order valence-electron chi connectivity index (χ0n) is 12.9. The number of nitrogens with two attached hydrogens (primary N) is 1. The Morgan fingerprint density at radius 2 is 1.75 bits per heavy atom. The van der Waals surface area contributed by atoms with Gasteiger partial charge < -0.3 is 5.73 Å². The second kappa shape index (κ2) is 5.87. The molecule has 0 aromatic heterocycles. The van der Waals surface area contributed by atoms with Crippen molar-refractivity contribution in [3.05, 3.63) is 35.4 Å². The van der Waals surface area contributed by atoms with Gasteiger partial charge in [0.25, 0.3) is 0 Å². The van der Waals surface area contributed by atoms with Gasteiger partial charge in [0.15, 0.2) is 0 Å². The maximum Gasteiger partial charge on any atom is 0.0369 e. The molecule has 2 atom stereocenters. The second-order valence-corrected chi connectivity index (χ2v) is 6.74. The molecule has 1 fully saturated rings. The first-order valence-electron chi connectivity index (χ1n) is 8.27. The molecule has 110 valence electrons. The van der Waals surface area contributed by atoms with Gasteiger partial charge in [-0.05, 0) is 56.2 Å². The molecule has 2 N–H and O–H groups in total. The zero-order valence-corrected chi connectivity index (χ0v) is 12.9. The minimum Gasteiger partial charge on any atom is -0.324 e. The molecule has 2 aliphatic rings. The molecular weight excluding hydrogens is 244 g/mol. The first kappa shape index (κ1) is 14.1. The summed E-state index contributed by atoms with van der Waals surface area (Å²) in [6.07, 6.45) is 7.99. The first-order valence-corrected chi connectivity index (χ1v) is 8.27. The fourth-order valence-corrected chi connectivity index (χ4v) is 4.25. The Hall–Kier alpha value is -0.860. The molecule has 0 saturated heterocycles. The van der Waals surface area contributed by atoms with Crippen LogP contribution in [0.2, 0.25) is 0 Å². The molecule has 0 heterocycles. The van der Waals surface area contributed by atoms with E-state index in [1.54, 1.807) is 0 Å². The van der Waals surface area contributed by atoms with Crippen LogP contribution in [0.5, 0.6) is 0 Å². The molecule has 1 aromatic rings. The summed E-state index contributed by atoms with van der Waals surface area (Å²) in [6.45, 7) is 2.33. The number of benzene rings is 1. The Morgan fingerprint density at radius 1 is 1.10 bits per heavy atom. The summed E-state index contributed by atoms with van der Waals surface area (Å²) >= 11 is 0. The van der Waals surface area contributed by atoms with Crippen LogP contribution in [0.3, 0.4) is 0 Å². The highest BCUT2D eigenvalue weighted by Crippen LogP contribution is 2.43. The van der Waals surface area contributed by atoms with Crippen LogP contribution in [0.1, 0.15) is 68.7 Å². The lowest BCUT2D eigenvalue weighted by Gasteiger charge is -2.38. The quantitative estimate of drug-likeness (QED) is 0.900. The topological polar surface area (TPSA) is 29.3 Å². The van der Waals surface area contributed by atoms with Crippen LogP contribution in [0.15, 0.2) is 24.3 Å². The largest absolute Gasteiger partial charge is 0.324 e. The van der Waals surface area contributed by atoms with Crippen molar-refractivity contribution in [2.24, 2.45) is 11.7 Å². The van der Waals surface area contributed by atoms with Gasteiger partial charge in [0.1, 0.15) is 0 Å². The number of nitrogens with zero attached hydrogens (tertiary/aromatic N) is 1. The predicted molar refractivity (Wildman–Crippen MR) is 84.5 cm³/mol. The van der Waals surface area contributed by atoms with Crippen molar-refractivity contribution in [2.45, 2.75) is 63.6 Å². The van der Waals surface area contributed by atoms with Crippen LogP contribution in [-0.2, 0) is 0 Å². The van der Waals surface area contributed by atoms with Crippen molar-refractivity contribution in [3.63, 3.8) is 0 Å². The summed E-state index contributed by atoms with van der Waals surface area (Å²) in [7, 11) is 2.32. The molecular formula is C18H28N2. The van der Waals surface area contributed by atoms with Crippen LogP contribution in [0, 0.1) is 5.92 Å². The van der Waals surface area contributed by atoms with Gasteiger partial charge in [0.05, 0.1) is 0 Å². The van der Waals surface area contributed by atoms with E-state index in [1.807, 2.05) is 0 Å². The normalized spacial score (nSPS) is 33.4. The third kappa shape index (κ3) is 2.51. The third-order valence-electron chi connectivity index (χ3n) is 5.69.